The second-order valence-corrected chi connectivity index (χ2v) is 5.82. The Morgan fingerprint density at radius 2 is 1.82 bits per heavy atom. The van der Waals surface area contributed by atoms with Crippen molar-refractivity contribution in [1.29, 1.82) is 5.26 Å². The van der Waals surface area contributed by atoms with E-state index in [1.807, 2.05) is 0 Å². The van der Waals surface area contributed by atoms with Crippen molar-refractivity contribution in [3.05, 3.63) is 64.0 Å². The van der Waals surface area contributed by atoms with Crippen LogP contribution in [0.1, 0.15) is 5.56 Å². The van der Waals surface area contributed by atoms with Gasteiger partial charge < -0.3 is 0 Å². The van der Waals surface area contributed by atoms with Crippen molar-refractivity contribution < 1.29 is 17.7 Å². The highest BCUT2D eigenvalue weighted by Crippen LogP contribution is 2.21. The van der Waals surface area contributed by atoms with Gasteiger partial charge in [0.25, 0.3) is 15.7 Å². The Morgan fingerprint density at radius 3 is 2.32 bits per heavy atom. The van der Waals surface area contributed by atoms with E-state index in [2.05, 4.69) is 4.72 Å². The second-order valence-electron chi connectivity index (χ2n) is 4.17. The molecule has 0 aromatic heterocycles. The molecule has 0 atom stereocenters. The number of sulfonamides is 1. The summed E-state index contributed by atoms with van der Waals surface area (Å²) < 4.78 is 40.0. The van der Waals surface area contributed by atoms with E-state index < -0.39 is 25.7 Å². The third-order valence-electron chi connectivity index (χ3n) is 2.68. The largest absolute Gasteiger partial charge is 0.280 e. The molecule has 0 saturated heterocycles. The molecule has 2 rings (SSSR count). The van der Waals surface area contributed by atoms with Crippen molar-refractivity contribution in [3.63, 3.8) is 0 Å². The Hall–Kier alpha value is -2.99. The van der Waals surface area contributed by atoms with E-state index >= 15 is 0 Å². The number of non-ortho nitro benzene ring substituents is 1. The first-order chi connectivity index (χ1) is 10.3. The van der Waals surface area contributed by atoms with Crippen molar-refractivity contribution in [3.8, 4) is 6.07 Å². The number of hydrogen-bond donors (Lipinski definition) is 1. The van der Waals surface area contributed by atoms with Crippen LogP contribution in [0.2, 0.25) is 0 Å². The molecule has 2 aromatic rings. The van der Waals surface area contributed by atoms with E-state index in [4.69, 9.17) is 5.26 Å². The number of nitrogens with one attached hydrogen (secondary N) is 1. The van der Waals surface area contributed by atoms with Gasteiger partial charge in [-0.1, -0.05) is 0 Å². The van der Waals surface area contributed by atoms with Gasteiger partial charge in [-0.25, -0.2) is 12.8 Å². The van der Waals surface area contributed by atoms with Crippen LogP contribution >= 0.6 is 0 Å². The van der Waals surface area contributed by atoms with Crippen LogP contribution in [0.3, 0.4) is 0 Å². The molecule has 0 heterocycles. The molecule has 112 valence electrons. The zero-order valence-corrected chi connectivity index (χ0v) is 11.7. The zero-order valence-electron chi connectivity index (χ0n) is 10.9. The van der Waals surface area contributed by atoms with Crippen LogP contribution in [0.4, 0.5) is 15.8 Å². The first-order valence-electron chi connectivity index (χ1n) is 5.80. The smallest absolute Gasteiger partial charge is 0.269 e. The quantitative estimate of drug-likeness (QED) is 0.686. The Morgan fingerprint density at radius 1 is 1.18 bits per heavy atom. The molecule has 0 amide bonds. The number of benzene rings is 2. The summed E-state index contributed by atoms with van der Waals surface area (Å²) in [6.45, 7) is 0. The summed E-state index contributed by atoms with van der Waals surface area (Å²) in [6.07, 6.45) is 0. The molecule has 0 aliphatic carbocycles. The van der Waals surface area contributed by atoms with Gasteiger partial charge in [0, 0.05) is 17.8 Å². The van der Waals surface area contributed by atoms with Crippen LogP contribution in [0.25, 0.3) is 0 Å². The van der Waals surface area contributed by atoms with Crippen molar-refractivity contribution in [2.45, 2.75) is 4.90 Å². The molecular formula is C13H8FN3O4S. The molecule has 22 heavy (non-hydrogen) atoms. The average molecular weight is 321 g/mol. The monoisotopic (exact) mass is 321 g/mol. The number of nitro benzene ring substituents is 1. The first-order valence-corrected chi connectivity index (χ1v) is 7.29. The van der Waals surface area contributed by atoms with Gasteiger partial charge in [0.2, 0.25) is 0 Å². The van der Waals surface area contributed by atoms with Gasteiger partial charge in [-0.15, -0.1) is 0 Å². The Balaban J connectivity index is 2.32. The predicted octanol–water partition coefficient (Wildman–Crippen LogP) is 2.41. The molecule has 0 spiro atoms. The van der Waals surface area contributed by atoms with Gasteiger partial charge in [0.05, 0.1) is 16.6 Å². The van der Waals surface area contributed by atoms with Crippen LogP contribution < -0.4 is 4.72 Å². The van der Waals surface area contributed by atoms with E-state index in [0.717, 1.165) is 24.3 Å². The van der Waals surface area contributed by atoms with E-state index in [1.165, 1.54) is 18.2 Å². The number of nitrogens with zero attached hydrogens (tertiary/aromatic N) is 2. The van der Waals surface area contributed by atoms with E-state index in [0.29, 0.717) is 0 Å². The molecule has 9 heteroatoms. The van der Waals surface area contributed by atoms with Crippen LogP contribution in [0.5, 0.6) is 0 Å². The fourth-order valence-electron chi connectivity index (χ4n) is 1.65. The van der Waals surface area contributed by atoms with Crippen molar-refractivity contribution in [2.75, 3.05) is 4.72 Å². The number of nitriles is 1. The minimum atomic E-state index is -4.21. The Bertz CT molecular complexity index is 873. The molecule has 7 nitrogen and oxygen atoms in total. The highest BCUT2D eigenvalue weighted by Gasteiger charge is 2.20. The molecule has 0 fully saturated rings. The lowest BCUT2D eigenvalue weighted by Gasteiger charge is -2.08. The average Bonchev–Trinajstić information content (AvgIpc) is 2.46. The van der Waals surface area contributed by atoms with Crippen LogP contribution in [0.15, 0.2) is 47.4 Å². The number of hydrogen-bond acceptors (Lipinski definition) is 5. The van der Waals surface area contributed by atoms with Gasteiger partial charge in [0.1, 0.15) is 10.7 Å². The number of halogens is 1. The summed E-state index contributed by atoms with van der Waals surface area (Å²) in [5.74, 6) is -1.06. The van der Waals surface area contributed by atoms with Crippen molar-refractivity contribution in [1.82, 2.24) is 0 Å². The normalized spacial score (nSPS) is 10.7. The summed E-state index contributed by atoms with van der Waals surface area (Å²) in [5.41, 5.74) is -0.159. The maximum atomic E-state index is 13.7. The summed E-state index contributed by atoms with van der Waals surface area (Å²) in [4.78, 5) is 9.27. The highest BCUT2D eigenvalue weighted by molar-refractivity contribution is 7.92. The minimum absolute atomic E-state index is 0.00761. The maximum absolute atomic E-state index is 13.7. The fraction of sp³-hybridized carbons (Fsp3) is 0. The van der Waals surface area contributed by atoms with Gasteiger partial charge in [-0.3, -0.25) is 14.8 Å². The molecule has 0 radical (unpaired) electrons. The molecule has 0 aliphatic heterocycles. The fourth-order valence-corrected chi connectivity index (χ4v) is 2.77. The van der Waals surface area contributed by atoms with Crippen LogP contribution in [0, 0.1) is 27.3 Å². The number of nitro groups is 1. The summed E-state index contributed by atoms with van der Waals surface area (Å²) in [6, 6.07) is 9.27. The number of rotatable bonds is 4. The zero-order chi connectivity index (χ0) is 16.3. The van der Waals surface area contributed by atoms with Crippen LogP contribution in [-0.4, -0.2) is 13.3 Å². The lowest BCUT2D eigenvalue weighted by atomic mass is 10.2. The molecule has 1 N–H and O–H groups in total. The molecule has 0 aliphatic rings. The first kappa shape index (κ1) is 15.4. The SMILES string of the molecule is N#Cc1ccc(S(=O)(=O)Nc2ccc([N+](=O)[O-])cc2)c(F)c1. The topological polar surface area (TPSA) is 113 Å². The standard InChI is InChI=1S/C13H8FN3O4S/c14-12-7-9(8-15)1-6-13(12)22(20,21)16-10-2-4-11(5-3-10)17(18)19/h1-7,16H. The third-order valence-corrected chi connectivity index (χ3v) is 4.10. The molecule has 0 saturated carbocycles. The number of anilines is 1. The van der Waals surface area contributed by atoms with Crippen molar-refractivity contribution >= 4 is 21.4 Å². The molecule has 2 aromatic carbocycles. The third kappa shape index (κ3) is 3.18. The Labute approximate surface area is 124 Å². The molecule has 0 unspecified atom stereocenters. The minimum Gasteiger partial charge on any atom is -0.280 e. The van der Waals surface area contributed by atoms with Gasteiger partial charge in [-0.2, -0.15) is 5.26 Å². The van der Waals surface area contributed by atoms with E-state index in [9.17, 15) is 22.9 Å². The highest BCUT2D eigenvalue weighted by atomic mass is 32.2. The van der Waals surface area contributed by atoms with E-state index in [1.54, 1.807) is 6.07 Å². The molecule has 0 bridgehead atoms. The lowest BCUT2D eigenvalue weighted by molar-refractivity contribution is -0.384. The predicted molar refractivity (Wildman–Crippen MR) is 75.0 cm³/mol. The molecular weight excluding hydrogens is 313 g/mol. The van der Waals surface area contributed by atoms with Gasteiger partial charge >= 0.3 is 0 Å². The van der Waals surface area contributed by atoms with Gasteiger partial charge in [-0.05, 0) is 30.3 Å². The maximum Gasteiger partial charge on any atom is 0.269 e. The van der Waals surface area contributed by atoms with Gasteiger partial charge in [0.15, 0.2) is 0 Å². The lowest BCUT2D eigenvalue weighted by Crippen LogP contribution is -2.14. The second kappa shape index (κ2) is 5.79. The summed E-state index contributed by atoms with van der Waals surface area (Å²) >= 11 is 0. The van der Waals surface area contributed by atoms with Crippen LogP contribution in [-0.2, 0) is 10.0 Å². The summed E-state index contributed by atoms with van der Waals surface area (Å²) in [5, 5.41) is 19.1. The van der Waals surface area contributed by atoms with Crippen molar-refractivity contribution in [2.24, 2.45) is 0 Å². The Kier molecular flexibility index (Phi) is 4.05. The summed E-state index contributed by atoms with van der Waals surface area (Å²) in [7, 11) is -4.21. The van der Waals surface area contributed by atoms with E-state index in [-0.39, 0.29) is 16.9 Å².